The molecule has 10 heteroatoms. The predicted molar refractivity (Wildman–Crippen MR) is 67.6 cm³/mol. The van der Waals surface area contributed by atoms with Gasteiger partial charge in [-0.05, 0) is 29.8 Å². The monoisotopic (exact) mass is 316 g/mol. The molecule has 1 rings (SSSR count). The van der Waals surface area contributed by atoms with E-state index in [2.05, 4.69) is 20.3 Å². The van der Waals surface area contributed by atoms with Crippen molar-refractivity contribution in [3.63, 3.8) is 0 Å². The molecule has 0 aliphatic rings. The van der Waals surface area contributed by atoms with E-state index >= 15 is 0 Å². The third-order valence-electron chi connectivity index (χ3n) is 1.67. The van der Waals surface area contributed by atoms with Crippen molar-refractivity contribution in [2.24, 2.45) is 0 Å². The molecule has 0 radical (unpaired) electrons. The zero-order valence-corrected chi connectivity index (χ0v) is 11.6. The molecular weight excluding hydrogens is 305 g/mol. The van der Waals surface area contributed by atoms with Gasteiger partial charge in [-0.2, -0.15) is 28.1 Å². The standard InChI is InChI=1S/C9H12ClF3N4OS/c1-2-4-18-8-16-6(10)15-7(17-8)14-3-5-19-9(11,12)13/h2-5H2,1H3,(H,14,15,16,17). The van der Waals surface area contributed by atoms with Gasteiger partial charge in [-0.1, -0.05) is 6.92 Å². The van der Waals surface area contributed by atoms with E-state index in [-0.39, 0.29) is 41.3 Å². The van der Waals surface area contributed by atoms with E-state index in [1.807, 2.05) is 6.92 Å². The summed E-state index contributed by atoms with van der Waals surface area (Å²) < 4.78 is 40.9. The van der Waals surface area contributed by atoms with E-state index in [4.69, 9.17) is 16.3 Å². The Morgan fingerprint density at radius 1 is 1.32 bits per heavy atom. The molecule has 0 aliphatic heterocycles. The molecule has 0 saturated carbocycles. The van der Waals surface area contributed by atoms with Crippen molar-refractivity contribution in [2.45, 2.75) is 18.9 Å². The third-order valence-corrected chi connectivity index (χ3v) is 2.58. The van der Waals surface area contributed by atoms with Crippen LogP contribution in [0.15, 0.2) is 0 Å². The van der Waals surface area contributed by atoms with Crippen molar-refractivity contribution in [3.8, 4) is 6.01 Å². The van der Waals surface area contributed by atoms with Gasteiger partial charge in [0.15, 0.2) is 0 Å². The summed E-state index contributed by atoms with van der Waals surface area (Å²) in [5, 5.41) is 2.55. The summed E-state index contributed by atoms with van der Waals surface area (Å²) in [4.78, 5) is 11.3. The fourth-order valence-corrected chi connectivity index (χ4v) is 1.59. The summed E-state index contributed by atoms with van der Waals surface area (Å²) in [6.45, 7) is 2.39. The highest BCUT2D eigenvalue weighted by molar-refractivity contribution is 8.00. The minimum atomic E-state index is -4.24. The van der Waals surface area contributed by atoms with Gasteiger partial charge >= 0.3 is 11.5 Å². The smallest absolute Gasteiger partial charge is 0.441 e. The topological polar surface area (TPSA) is 59.9 Å². The first-order valence-electron chi connectivity index (χ1n) is 5.39. The minimum absolute atomic E-state index is 0.0489. The molecule has 0 aromatic carbocycles. The van der Waals surface area contributed by atoms with Crippen molar-refractivity contribution >= 4 is 29.3 Å². The number of anilines is 1. The normalized spacial score (nSPS) is 11.4. The summed E-state index contributed by atoms with van der Waals surface area (Å²) in [6, 6.07) is 0.0489. The molecule has 1 heterocycles. The van der Waals surface area contributed by atoms with Gasteiger partial charge in [0.05, 0.1) is 6.61 Å². The zero-order chi connectivity index (χ0) is 14.3. The maximum absolute atomic E-state index is 11.9. The van der Waals surface area contributed by atoms with Crippen molar-refractivity contribution in [2.75, 3.05) is 24.2 Å². The Morgan fingerprint density at radius 3 is 2.68 bits per heavy atom. The van der Waals surface area contributed by atoms with E-state index in [0.717, 1.165) is 6.42 Å². The van der Waals surface area contributed by atoms with Crippen LogP contribution < -0.4 is 10.1 Å². The Morgan fingerprint density at radius 2 is 2.05 bits per heavy atom. The van der Waals surface area contributed by atoms with E-state index < -0.39 is 5.51 Å². The lowest BCUT2D eigenvalue weighted by molar-refractivity contribution is -0.0327. The van der Waals surface area contributed by atoms with Crippen LogP contribution >= 0.6 is 23.4 Å². The van der Waals surface area contributed by atoms with Gasteiger partial charge < -0.3 is 10.1 Å². The fraction of sp³-hybridized carbons (Fsp3) is 0.667. The minimum Gasteiger partial charge on any atom is -0.463 e. The van der Waals surface area contributed by atoms with Gasteiger partial charge in [0, 0.05) is 12.3 Å². The summed E-state index contributed by atoms with van der Waals surface area (Å²) in [5.74, 6) is -0.0633. The van der Waals surface area contributed by atoms with E-state index in [9.17, 15) is 13.2 Å². The average Bonchev–Trinajstić information content (AvgIpc) is 2.30. The van der Waals surface area contributed by atoms with Gasteiger partial charge in [-0.15, -0.1) is 0 Å². The molecule has 0 unspecified atom stereocenters. The number of nitrogens with zero attached hydrogens (tertiary/aromatic N) is 3. The molecule has 108 valence electrons. The van der Waals surface area contributed by atoms with Crippen LogP contribution in [0.2, 0.25) is 5.28 Å². The first-order valence-corrected chi connectivity index (χ1v) is 6.76. The lowest BCUT2D eigenvalue weighted by atomic mass is 10.5. The molecule has 0 bridgehead atoms. The molecule has 0 spiro atoms. The lowest BCUT2D eigenvalue weighted by Gasteiger charge is -2.08. The largest absolute Gasteiger partial charge is 0.463 e. The average molecular weight is 317 g/mol. The van der Waals surface area contributed by atoms with Crippen molar-refractivity contribution in [1.82, 2.24) is 15.0 Å². The van der Waals surface area contributed by atoms with E-state index in [1.165, 1.54) is 0 Å². The first kappa shape index (κ1) is 16.1. The maximum atomic E-state index is 11.9. The van der Waals surface area contributed by atoms with Gasteiger partial charge in [-0.25, -0.2) is 0 Å². The molecule has 1 aromatic rings. The highest BCUT2D eigenvalue weighted by Crippen LogP contribution is 2.29. The quantitative estimate of drug-likeness (QED) is 0.780. The molecule has 1 aromatic heterocycles. The Balaban J connectivity index is 2.46. The van der Waals surface area contributed by atoms with Crippen LogP contribution in [-0.2, 0) is 0 Å². The first-order chi connectivity index (χ1) is 8.90. The number of hydrogen-bond donors (Lipinski definition) is 1. The molecule has 0 atom stereocenters. The number of alkyl halides is 3. The number of nitrogens with one attached hydrogen (secondary N) is 1. The van der Waals surface area contributed by atoms with Crippen LogP contribution in [-0.4, -0.2) is 39.4 Å². The Labute approximate surface area is 117 Å². The predicted octanol–water partition coefficient (Wildman–Crippen LogP) is 2.98. The van der Waals surface area contributed by atoms with Crippen LogP contribution in [0.4, 0.5) is 19.1 Å². The van der Waals surface area contributed by atoms with Gasteiger partial charge in [0.1, 0.15) is 0 Å². The molecule has 5 nitrogen and oxygen atoms in total. The highest BCUT2D eigenvalue weighted by Gasteiger charge is 2.27. The maximum Gasteiger partial charge on any atom is 0.441 e. The van der Waals surface area contributed by atoms with Crippen LogP contribution in [0.1, 0.15) is 13.3 Å². The van der Waals surface area contributed by atoms with Gasteiger partial charge in [-0.3, -0.25) is 0 Å². The summed E-state index contributed by atoms with van der Waals surface area (Å²) in [5.41, 5.74) is -4.24. The fourth-order valence-electron chi connectivity index (χ4n) is 0.998. The second-order valence-corrected chi connectivity index (χ2v) is 4.78. The SMILES string of the molecule is CCCOc1nc(Cl)nc(NCCSC(F)(F)F)n1. The number of hydrogen-bond acceptors (Lipinski definition) is 6. The highest BCUT2D eigenvalue weighted by atomic mass is 35.5. The second kappa shape index (κ2) is 7.59. The number of ether oxygens (including phenoxy) is 1. The van der Waals surface area contributed by atoms with Crippen molar-refractivity contribution in [3.05, 3.63) is 5.28 Å². The number of halogens is 4. The van der Waals surface area contributed by atoms with Crippen molar-refractivity contribution in [1.29, 1.82) is 0 Å². The van der Waals surface area contributed by atoms with Crippen molar-refractivity contribution < 1.29 is 17.9 Å². The van der Waals surface area contributed by atoms with E-state index in [1.54, 1.807) is 0 Å². The second-order valence-electron chi connectivity index (χ2n) is 3.28. The number of aromatic nitrogens is 3. The molecular formula is C9H12ClF3N4OS. The molecule has 19 heavy (non-hydrogen) atoms. The summed E-state index contributed by atoms with van der Waals surface area (Å²) in [7, 11) is 0. The van der Waals surface area contributed by atoms with Gasteiger partial charge in [0.2, 0.25) is 11.2 Å². The van der Waals surface area contributed by atoms with E-state index in [0.29, 0.717) is 6.61 Å². The molecule has 0 aliphatic carbocycles. The molecule has 0 saturated heterocycles. The summed E-state index contributed by atoms with van der Waals surface area (Å²) in [6.07, 6.45) is 0.772. The Kier molecular flexibility index (Phi) is 6.43. The van der Waals surface area contributed by atoms with Crippen LogP contribution in [0.25, 0.3) is 0 Å². The summed E-state index contributed by atoms with van der Waals surface area (Å²) >= 11 is 5.52. The van der Waals surface area contributed by atoms with Crippen LogP contribution in [0.3, 0.4) is 0 Å². The van der Waals surface area contributed by atoms with Crippen LogP contribution in [0.5, 0.6) is 6.01 Å². The number of thioether (sulfide) groups is 1. The number of rotatable bonds is 7. The lowest BCUT2D eigenvalue weighted by Crippen LogP contribution is -2.12. The molecule has 1 N–H and O–H groups in total. The van der Waals surface area contributed by atoms with Crippen LogP contribution in [0, 0.1) is 0 Å². The Bertz CT molecular complexity index is 408. The third kappa shape index (κ3) is 7.26. The Hall–Kier alpha value is -0.960. The molecule has 0 fully saturated rings. The zero-order valence-electron chi connectivity index (χ0n) is 10.00. The van der Waals surface area contributed by atoms with Gasteiger partial charge in [0.25, 0.3) is 0 Å². The molecule has 0 amide bonds.